The number of rotatable bonds is 3. The van der Waals surface area contributed by atoms with Crippen molar-refractivity contribution >= 4 is 0 Å². The zero-order chi connectivity index (χ0) is 12.1. The Bertz CT molecular complexity index is 278. The lowest BCUT2D eigenvalue weighted by Gasteiger charge is -2.42. The van der Waals surface area contributed by atoms with Crippen LogP contribution in [0.4, 0.5) is 0 Å². The van der Waals surface area contributed by atoms with E-state index in [4.69, 9.17) is 0 Å². The van der Waals surface area contributed by atoms with Gasteiger partial charge in [-0.05, 0) is 25.7 Å². The van der Waals surface area contributed by atoms with Crippen molar-refractivity contribution in [1.29, 1.82) is 5.26 Å². The molecule has 2 rings (SSSR count). The van der Waals surface area contributed by atoms with Gasteiger partial charge in [-0.3, -0.25) is 0 Å². The van der Waals surface area contributed by atoms with Crippen molar-refractivity contribution in [3.8, 4) is 6.07 Å². The van der Waals surface area contributed by atoms with Crippen molar-refractivity contribution in [3.63, 3.8) is 0 Å². The molecule has 3 nitrogen and oxygen atoms in total. The van der Waals surface area contributed by atoms with Crippen LogP contribution in [-0.4, -0.2) is 23.3 Å². The Morgan fingerprint density at radius 2 is 1.82 bits per heavy atom. The first-order chi connectivity index (χ1) is 8.29. The third-order valence-electron chi connectivity index (χ3n) is 4.54. The predicted octanol–water partition coefficient (Wildman–Crippen LogP) is 2.35. The largest absolute Gasteiger partial charge is 0.394 e. The Labute approximate surface area is 104 Å². The number of hydrogen-bond donors (Lipinski definition) is 2. The summed E-state index contributed by atoms with van der Waals surface area (Å²) in [5, 5.41) is 22.5. The van der Waals surface area contributed by atoms with Crippen molar-refractivity contribution in [1.82, 2.24) is 5.32 Å². The zero-order valence-electron chi connectivity index (χ0n) is 10.6. The highest BCUT2D eigenvalue weighted by Crippen LogP contribution is 2.32. The van der Waals surface area contributed by atoms with Gasteiger partial charge in [-0.15, -0.1) is 0 Å². The second-order valence-corrected chi connectivity index (χ2v) is 5.77. The van der Waals surface area contributed by atoms with Gasteiger partial charge < -0.3 is 10.4 Å². The number of nitrogens with zero attached hydrogens (tertiary/aromatic N) is 1. The summed E-state index contributed by atoms with van der Waals surface area (Å²) >= 11 is 0. The van der Waals surface area contributed by atoms with E-state index in [1.54, 1.807) is 0 Å². The number of aliphatic hydroxyl groups excluding tert-OH is 1. The first-order valence-electron chi connectivity index (χ1n) is 7.08. The maximum absolute atomic E-state index is 9.69. The standard InChI is InChI=1S/C14H24N2O/c15-10-12-6-2-3-7-13(12)16-14(11-17)8-4-1-5-9-14/h12-13,16-17H,1-9,11H2. The second kappa shape index (κ2) is 5.84. The lowest BCUT2D eigenvalue weighted by Crippen LogP contribution is -2.56. The Kier molecular flexibility index (Phi) is 4.42. The molecule has 2 unspecified atom stereocenters. The minimum absolute atomic E-state index is 0.0879. The van der Waals surface area contributed by atoms with Crippen molar-refractivity contribution in [2.45, 2.75) is 69.4 Å². The van der Waals surface area contributed by atoms with Crippen LogP contribution in [0, 0.1) is 17.2 Å². The molecule has 0 radical (unpaired) electrons. The highest BCUT2D eigenvalue weighted by atomic mass is 16.3. The predicted molar refractivity (Wildman–Crippen MR) is 67.4 cm³/mol. The van der Waals surface area contributed by atoms with Gasteiger partial charge in [0.2, 0.25) is 0 Å². The van der Waals surface area contributed by atoms with Gasteiger partial charge >= 0.3 is 0 Å². The summed E-state index contributed by atoms with van der Waals surface area (Å²) in [5.74, 6) is 0.147. The minimum atomic E-state index is -0.0879. The van der Waals surface area contributed by atoms with E-state index < -0.39 is 0 Å². The molecule has 17 heavy (non-hydrogen) atoms. The molecule has 0 bridgehead atoms. The van der Waals surface area contributed by atoms with Crippen LogP contribution in [0.1, 0.15) is 57.8 Å². The molecule has 0 aromatic rings. The molecule has 2 aliphatic carbocycles. The molecule has 0 heterocycles. The summed E-state index contributed by atoms with van der Waals surface area (Å²) in [6, 6.07) is 2.75. The molecule has 0 aromatic carbocycles. The molecule has 0 spiro atoms. The van der Waals surface area contributed by atoms with Crippen LogP contribution < -0.4 is 5.32 Å². The van der Waals surface area contributed by atoms with Gasteiger partial charge in [0.1, 0.15) is 0 Å². The average molecular weight is 236 g/mol. The molecule has 2 aliphatic rings. The van der Waals surface area contributed by atoms with Gasteiger partial charge in [-0.2, -0.15) is 5.26 Å². The SMILES string of the molecule is N#CC1CCCCC1NC1(CO)CCCCC1. The fraction of sp³-hybridized carbons (Fsp3) is 0.929. The van der Waals surface area contributed by atoms with Crippen LogP contribution in [0.3, 0.4) is 0 Å². The molecule has 96 valence electrons. The van der Waals surface area contributed by atoms with Crippen molar-refractivity contribution in [2.24, 2.45) is 5.92 Å². The van der Waals surface area contributed by atoms with Crippen molar-refractivity contribution < 1.29 is 5.11 Å². The molecule has 2 saturated carbocycles. The summed E-state index contributed by atoms with van der Waals surface area (Å²) in [4.78, 5) is 0. The molecule has 3 heteroatoms. The first-order valence-corrected chi connectivity index (χ1v) is 7.08. The maximum atomic E-state index is 9.69. The lowest BCUT2D eigenvalue weighted by atomic mass is 9.78. The molecular formula is C14H24N2O. The Hall–Kier alpha value is -0.590. The van der Waals surface area contributed by atoms with E-state index in [1.165, 1.54) is 32.1 Å². The first kappa shape index (κ1) is 12.9. The summed E-state index contributed by atoms with van der Waals surface area (Å²) in [6.07, 6.45) is 10.4. The third-order valence-corrected chi connectivity index (χ3v) is 4.54. The van der Waals surface area contributed by atoms with E-state index in [0.717, 1.165) is 25.7 Å². The summed E-state index contributed by atoms with van der Waals surface area (Å²) in [5.41, 5.74) is -0.0879. The van der Waals surface area contributed by atoms with Gasteiger partial charge in [0.05, 0.1) is 18.6 Å². The van der Waals surface area contributed by atoms with E-state index in [-0.39, 0.29) is 18.1 Å². The van der Waals surface area contributed by atoms with E-state index in [2.05, 4.69) is 11.4 Å². The number of nitrogens with one attached hydrogen (secondary N) is 1. The Morgan fingerprint density at radius 1 is 1.12 bits per heavy atom. The van der Waals surface area contributed by atoms with E-state index in [9.17, 15) is 10.4 Å². The van der Waals surface area contributed by atoms with Crippen molar-refractivity contribution in [2.75, 3.05) is 6.61 Å². The molecule has 2 fully saturated rings. The van der Waals surface area contributed by atoms with E-state index >= 15 is 0 Å². The van der Waals surface area contributed by atoms with Gasteiger partial charge in [-0.25, -0.2) is 0 Å². The molecule has 2 atom stereocenters. The van der Waals surface area contributed by atoms with Gasteiger partial charge in [0.15, 0.2) is 0 Å². The quantitative estimate of drug-likeness (QED) is 0.791. The molecule has 0 aliphatic heterocycles. The van der Waals surface area contributed by atoms with Crippen LogP contribution in [0.15, 0.2) is 0 Å². The fourth-order valence-corrected chi connectivity index (χ4v) is 3.43. The smallest absolute Gasteiger partial charge is 0.0672 e. The fourth-order valence-electron chi connectivity index (χ4n) is 3.43. The normalized spacial score (nSPS) is 32.9. The Balaban J connectivity index is 1.99. The van der Waals surface area contributed by atoms with Crippen molar-refractivity contribution in [3.05, 3.63) is 0 Å². The van der Waals surface area contributed by atoms with E-state index in [1.807, 2.05) is 0 Å². The van der Waals surface area contributed by atoms with E-state index in [0.29, 0.717) is 6.04 Å². The topological polar surface area (TPSA) is 56.0 Å². The van der Waals surface area contributed by atoms with Gasteiger partial charge in [-0.1, -0.05) is 32.1 Å². The van der Waals surface area contributed by atoms with Gasteiger partial charge in [0, 0.05) is 11.6 Å². The molecule has 0 aromatic heterocycles. The summed E-state index contributed by atoms with van der Waals surface area (Å²) < 4.78 is 0. The summed E-state index contributed by atoms with van der Waals surface area (Å²) in [7, 11) is 0. The van der Waals surface area contributed by atoms with Crippen LogP contribution in [0.25, 0.3) is 0 Å². The second-order valence-electron chi connectivity index (χ2n) is 5.77. The van der Waals surface area contributed by atoms with Crippen LogP contribution in [-0.2, 0) is 0 Å². The molecule has 0 amide bonds. The maximum Gasteiger partial charge on any atom is 0.0672 e. The minimum Gasteiger partial charge on any atom is -0.394 e. The van der Waals surface area contributed by atoms with Gasteiger partial charge in [0.25, 0.3) is 0 Å². The molecule has 2 N–H and O–H groups in total. The molecule has 0 saturated heterocycles. The summed E-state index contributed by atoms with van der Waals surface area (Å²) in [6.45, 7) is 0.224. The number of hydrogen-bond acceptors (Lipinski definition) is 3. The number of nitriles is 1. The zero-order valence-corrected chi connectivity index (χ0v) is 10.6. The molecular weight excluding hydrogens is 212 g/mol. The highest BCUT2D eigenvalue weighted by Gasteiger charge is 2.36. The average Bonchev–Trinajstić information content (AvgIpc) is 2.40. The number of aliphatic hydroxyl groups is 1. The van der Waals surface area contributed by atoms with Crippen LogP contribution in [0.2, 0.25) is 0 Å². The lowest BCUT2D eigenvalue weighted by molar-refractivity contribution is 0.0940. The van der Waals surface area contributed by atoms with Crippen LogP contribution in [0.5, 0.6) is 0 Å². The van der Waals surface area contributed by atoms with Crippen LogP contribution >= 0.6 is 0 Å². The third kappa shape index (κ3) is 3.00. The monoisotopic (exact) mass is 236 g/mol. The highest BCUT2D eigenvalue weighted by molar-refractivity contribution is 5.00. The Morgan fingerprint density at radius 3 is 2.47 bits per heavy atom.